The summed E-state index contributed by atoms with van der Waals surface area (Å²) in [7, 11) is 0. The Morgan fingerprint density at radius 2 is 2.38 bits per heavy atom. The van der Waals surface area contributed by atoms with Crippen LogP contribution in [-0.4, -0.2) is 31.6 Å². The summed E-state index contributed by atoms with van der Waals surface area (Å²) in [6.45, 7) is 6.94. The lowest BCUT2D eigenvalue weighted by Gasteiger charge is -2.29. The van der Waals surface area contributed by atoms with Gasteiger partial charge in [0.25, 0.3) is 0 Å². The van der Waals surface area contributed by atoms with Gasteiger partial charge in [0, 0.05) is 25.9 Å². The molecule has 1 aliphatic heterocycles. The molecule has 0 bridgehead atoms. The van der Waals surface area contributed by atoms with Crippen molar-refractivity contribution in [2.75, 3.05) is 19.7 Å². The van der Waals surface area contributed by atoms with Crippen LogP contribution in [0.25, 0.3) is 0 Å². The van der Waals surface area contributed by atoms with Crippen LogP contribution in [0.4, 0.5) is 0 Å². The maximum Gasteiger partial charge on any atom is 0.158 e. The molecular formula is C13H21NO2. The van der Waals surface area contributed by atoms with Gasteiger partial charge < -0.3 is 10.1 Å². The molecule has 0 saturated carbocycles. The monoisotopic (exact) mass is 223 g/mol. The minimum Gasteiger partial charge on any atom is -0.375 e. The molecule has 1 aliphatic carbocycles. The molecule has 1 N–H and O–H groups in total. The maximum atomic E-state index is 11.8. The number of nitrogens with one attached hydrogen (secondary N) is 1. The van der Waals surface area contributed by atoms with Crippen molar-refractivity contribution in [3.8, 4) is 0 Å². The van der Waals surface area contributed by atoms with Gasteiger partial charge in [-0.05, 0) is 17.4 Å². The average Bonchev–Trinajstić information content (AvgIpc) is 2.25. The van der Waals surface area contributed by atoms with E-state index in [0.717, 1.165) is 38.1 Å². The molecule has 2 rings (SSSR count). The molecule has 3 nitrogen and oxygen atoms in total. The summed E-state index contributed by atoms with van der Waals surface area (Å²) in [5.74, 6) is 0.313. The first-order valence-corrected chi connectivity index (χ1v) is 6.14. The number of Topliss-reactive ketones (excluding diaryl/α,β-unsaturated/α-hetero) is 1. The number of carbonyl (C=O) groups is 1. The first kappa shape index (κ1) is 11.8. The van der Waals surface area contributed by atoms with E-state index in [-0.39, 0.29) is 11.5 Å². The van der Waals surface area contributed by atoms with Crippen molar-refractivity contribution < 1.29 is 9.53 Å². The third-order valence-corrected chi connectivity index (χ3v) is 3.37. The van der Waals surface area contributed by atoms with Crippen LogP contribution >= 0.6 is 0 Å². The third-order valence-electron chi connectivity index (χ3n) is 3.37. The molecule has 0 aromatic carbocycles. The van der Waals surface area contributed by atoms with Gasteiger partial charge in [0.1, 0.15) is 0 Å². The van der Waals surface area contributed by atoms with Crippen molar-refractivity contribution in [3.05, 3.63) is 11.6 Å². The molecule has 0 aromatic rings. The summed E-state index contributed by atoms with van der Waals surface area (Å²) < 4.78 is 5.64. The molecular weight excluding hydrogens is 202 g/mol. The van der Waals surface area contributed by atoms with Gasteiger partial charge in [0.2, 0.25) is 0 Å². The second-order valence-corrected chi connectivity index (χ2v) is 5.48. The van der Waals surface area contributed by atoms with Crippen molar-refractivity contribution in [2.24, 2.45) is 5.41 Å². The van der Waals surface area contributed by atoms with Crippen LogP contribution < -0.4 is 5.32 Å². The van der Waals surface area contributed by atoms with E-state index in [1.807, 2.05) is 0 Å². The Bertz CT molecular complexity index is 301. The molecule has 0 aromatic heterocycles. The SMILES string of the molecule is CC1(C)C=C(CC2CNCCO2)C(=O)CC1. The summed E-state index contributed by atoms with van der Waals surface area (Å²) in [6.07, 6.45) is 4.77. The molecule has 2 aliphatic rings. The van der Waals surface area contributed by atoms with Crippen molar-refractivity contribution in [3.63, 3.8) is 0 Å². The van der Waals surface area contributed by atoms with Gasteiger partial charge in [-0.2, -0.15) is 0 Å². The second-order valence-electron chi connectivity index (χ2n) is 5.48. The zero-order valence-corrected chi connectivity index (χ0v) is 10.2. The molecule has 90 valence electrons. The van der Waals surface area contributed by atoms with Crippen molar-refractivity contribution in [1.82, 2.24) is 5.32 Å². The van der Waals surface area contributed by atoms with Gasteiger partial charge >= 0.3 is 0 Å². The van der Waals surface area contributed by atoms with Crippen LogP contribution in [0.3, 0.4) is 0 Å². The van der Waals surface area contributed by atoms with Gasteiger partial charge in [-0.1, -0.05) is 19.9 Å². The summed E-state index contributed by atoms with van der Waals surface area (Å²) in [6, 6.07) is 0. The largest absolute Gasteiger partial charge is 0.375 e. The summed E-state index contributed by atoms with van der Waals surface area (Å²) in [5, 5.41) is 3.30. The van der Waals surface area contributed by atoms with E-state index >= 15 is 0 Å². The van der Waals surface area contributed by atoms with Gasteiger partial charge in [0.15, 0.2) is 5.78 Å². The van der Waals surface area contributed by atoms with Crippen LogP contribution in [-0.2, 0) is 9.53 Å². The van der Waals surface area contributed by atoms with Crippen LogP contribution in [0.5, 0.6) is 0 Å². The van der Waals surface area contributed by atoms with E-state index in [1.165, 1.54) is 0 Å². The van der Waals surface area contributed by atoms with Crippen LogP contribution in [0.1, 0.15) is 33.1 Å². The van der Waals surface area contributed by atoms with Crippen molar-refractivity contribution >= 4 is 5.78 Å². The Hall–Kier alpha value is -0.670. The summed E-state index contributed by atoms with van der Waals surface area (Å²) in [4.78, 5) is 11.8. The molecule has 1 unspecified atom stereocenters. The Morgan fingerprint density at radius 1 is 1.56 bits per heavy atom. The lowest BCUT2D eigenvalue weighted by molar-refractivity contribution is -0.117. The fraction of sp³-hybridized carbons (Fsp3) is 0.769. The van der Waals surface area contributed by atoms with E-state index in [1.54, 1.807) is 0 Å². The highest BCUT2D eigenvalue weighted by Gasteiger charge is 2.27. The van der Waals surface area contributed by atoms with E-state index in [9.17, 15) is 4.79 Å². The normalized spacial score (nSPS) is 30.0. The molecule has 16 heavy (non-hydrogen) atoms. The number of hydrogen-bond donors (Lipinski definition) is 1. The van der Waals surface area contributed by atoms with E-state index in [2.05, 4.69) is 25.2 Å². The Morgan fingerprint density at radius 3 is 3.06 bits per heavy atom. The fourth-order valence-electron chi connectivity index (χ4n) is 2.39. The number of morpholine rings is 1. The topological polar surface area (TPSA) is 38.3 Å². The van der Waals surface area contributed by atoms with Gasteiger partial charge in [-0.25, -0.2) is 0 Å². The number of rotatable bonds is 2. The van der Waals surface area contributed by atoms with E-state index in [0.29, 0.717) is 12.2 Å². The molecule has 1 saturated heterocycles. The van der Waals surface area contributed by atoms with Gasteiger partial charge in [0.05, 0.1) is 12.7 Å². The predicted octanol–water partition coefficient (Wildman–Crippen LogP) is 1.68. The standard InChI is InChI=1S/C13H21NO2/c1-13(2)4-3-12(15)10(8-13)7-11-9-14-5-6-16-11/h8,11,14H,3-7,9H2,1-2H3. The number of allylic oxidation sites excluding steroid dienone is 1. The number of hydrogen-bond acceptors (Lipinski definition) is 3. The average molecular weight is 223 g/mol. The zero-order valence-electron chi connectivity index (χ0n) is 10.2. The molecule has 0 radical (unpaired) electrons. The molecule has 0 spiro atoms. The first-order chi connectivity index (χ1) is 7.57. The predicted molar refractivity (Wildman–Crippen MR) is 63.3 cm³/mol. The third kappa shape index (κ3) is 2.92. The van der Waals surface area contributed by atoms with Crippen LogP contribution in [0.15, 0.2) is 11.6 Å². The summed E-state index contributed by atoms with van der Waals surface area (Å²) in [5.41, 5.74) is 1.15. The Kier molecular flexibility index (Phi) is 3.45. The molecule has 1 heterocycles. The van der Waals surface area contributed by atoms with Crippen molar-refractivity contribution in [1.29, 1.82) is 0 Å². The minimum absolute atomic E-state index is 0.172. The molecule has 0 amide bonds. The van der Waals surface area contributed by atoms with Gasteiger partial charge in [-0.15, -0.1) is 0 Å². The van der Waals surface area contributed by atoms with Crippen LogP contribution in [0.2, 0.25) is 0 Å². The van der Waals surface area contributed by atoms with E-state index in [4.69, 9.17) is 4.74 Å². The van der Waals surface area contributed by atoms with Crippen molar-refractivity contribution in [2.45, 2.75) is 39.2 Å². The highest BCUT2D eigenvalue weighted by Crippen LogP contribution is 2.33. The maximum absolute atomic E-state index is 11.8. The van der Waals surface area contributed by atoms with E-state index < -0.39 is 0 Å². The number of carbonyl (C=O) groups excluding carboxylic acids is 1. The lowest BCUT2D eigenvalue weighted by atomic mass is 9.78. The number of ketones is 1. The molecule has 1 atom stereocenters. The number of ether oxygens (including phenoxy) is 1. The quantitative estimate of drug-likeness (QED) is 0.774. The summed E-state index contributed by atoms with van der Waals surface area (Å²) >= 11 is 0. The molecule has 1 fully saturated rings. The molecule has 3 heteroatoms. The Balaban J connectivity index is 2.01. The minimum atomic E-state index is 0.172. The van der Waals surface area contributed by atoms with Crippen LogP contribution in [0, 0.1) is 5.41 Å². The second kappa shape index (κ2) is 4.68. The highest BCUT2D eigenvalue weighted by molar-refractivity contribution is 5.96. The Labute approximate surface area is 97.2 Å². The smallest absolute Gasteiger partial charge is 0.158 e. The fourth-order valence-corrected chi connectivity index (χ4v) is 2.39. The zero-order chi connectivity index (χ0) is 11.6. The van der Waals surface area contributed by atoms with Gasteiger partial charge in [-0.3, -0.25) is 4.79 Å². The highest BCUT2D eigenvalue weighted by atomic mass is 16.5. The lowest BCUT2D eigenvalue weighted by Crippen LogP contribution is -2.39. The first-order valence-electron chi connectivity index (χ1n) is 6.14.